The number of aromatic nitrogens is 1. The van der Waals surface area contributed by atoms with E-state index in [0.29, 0.717) is 0 Å². The molecule has 5 nitrogen and oxygen atoms in total. The summed E-state index contributed by atoms with van der Waals surface area (Å²) >= 11 is 0. The molecule has 1 aromatic heterocycles. The number of anilines is 1. The number of rotatable bonds is 5. The quantitative estimate of drug-likeness (QED) is 0.406. The molecule has 0 aliphatic carbocycles. The molecule has 1 fully saturated rings. The second-order valence-corrected chi connectivity index (χ2v) is 6.64. The molecular weight excluding hydrogens is 449 g/mol. The molecule has 2 heterocycles. The van der Waals surface area contributed by atoms with E-state index < -0.39 is 0 Å². The Kier molecular flexibility index (Phi) is 8.84. The number of piperazine rings is 1. The first-order valence-electron chi connectivity index (χ1n) is 9.51. The fourth-order valence-corrected chi connectivity index (χ4v) is 3.27. The van der Waals surface area contributed by atoms with Crippen molar-refractivity contribution in [3.63, 3.8) is 0 Å². The number of nitrogens with zero attached hydrogens (tertiary/aromatic N) is 4. The Hall–Kier alpha value is -1.83. The first-order valence-corrected chi connectivity index (χ1v) is 9.51. The summed E-state index contributed by atoms with van der Waals surface area (Å²) in [5.74, 6) is 2.09. The Morgan fingerprint density at radius 3 is 2.59 bits per heavy atom. The number of guanidine groups is 1. The van der Waals surface area contributed by atoms with E-state index in [9.17, 15) is 0 Å². The Labute approximate surface area is 179 Å². The van der Waals surface area contributed by atoms with Gasteiger partial charge in [-0.05, 0) is 38.0 Å². The van der Waals surface area contributed by atoms with E-state index in [0.717, 1.165) is 57.5 Å². The second kappa shape index (κ2) is 11.1. The number of nitrogens with one attached hydrogen (secondary N) is 1. The molecule has 1 aliphatic rings. The summed E-state index contributed by atoms with van der Waals surface area (Å²) in [5, 5.41) is 3.45. The zero-order chi connectivity index (χ0) is 18.2. The smallest absolute Gasteiger partial charge is 0.194 e. The van der Waals surface area contributed by atoms with Crippen LogP contribution in [-0.2, 0) is 6.42 Å². The SMILES string of the molecule is CCNC(=NCCc1cccc(C)c1)N1CCN(c2ccccn2)CC1.I. The van der Waals surface area contributed by atoms with Gasteiger partial charge in [0.15, 0.2) is 5.96 Å². The highest BCUT2D eigenvalue weighted by molar-refractivity contribution is 14.0. The van der Waals surface area contributed by atoms with E-state index in [1.165, 1.54) is 11.1 Å². The number of hydrogen-bond acceptors (Lipinski definition) is 3. The molecule has 6 heteroatoms. The van der Waals surface area contributed by atoms with Crippen molar-refractivity contribution in [2.24, 2.45) is 4.99 Å². The highest BCUT2D eigenvalue weighted by Gasteiger charge is 2.20. The third kappa shape index (κ3) is 6.37. The van der Waals surface area contributed by atoms with Gasteiger partial charge in [0.2, 0.25) is 0 Å². The maximum absolute atomic E-state index is 4.86. The maximum Gasteiger partial charge on any atom is 0.194 e. The van der Waals surface area contributed by atoms with Crippen LogP contribution >= 0.6 is 24.0 Å². The molecule has 2 aromatic rings. The largest absolute Gasteiger partial charge is 0.357 e. The molecular formula is C21H30IN5. The van der Waals surface area contributed by atoms with E-state index in [2.05, 4.69) is 64.3 Å². The van der Waals surface area contributed by atoms with Gasteiger partial charge in [-0.25, -0.2) is 4.98 Å². The molecule has 0 bridgehead atoms. The lowest BCUT2D eigenvalue weighted by Gasteiger charge is -2.37. The summed E-state index contributed by atoms with van der Waals surface area (Å²) < 4.78 is 0. The zero-order valence-electron chi connectivity index (χ0n) is 16.3. The average Bonchev–Trinajstić information content (AvgIpc) is 2.68. The van der Waals surface area contributed by atoms with Gasteiger partial charge in [-0.2, -0.15) is 0 Å². The van der Waals surface area contributed by atoms with E-state index in [4.69, 9.17) is 4.99 Å². The van der Waals surface area contributed by atoms with Crippen molar-refractivity contribution in [1.82, 2.24) is 15.2 Å². The molecule has 1 aromatic carbocycles. The molecule has 1 saturated heterocycles. The lowest BCUT2D eigenvalue weighted by Crippen LogP contribution is -2.52. The van der Waals surface area contributed by atoms with Gasteiger partial charge in [-0.15, -0.1) is 24.0 Å². The van der Waals surface area contributed by atoms with Gasteiger partial charge in [-0.3, -0.25) is 4.99 Å². The van der Waals surface area contributed by atoms with Crippen molar-refractivity contribution in [2.45, 2.75) is 20.3 Å². The summed E-state index contributed by atoms with van der Waals surface area (Å²) in [5.41, 5.74) is 2.66. The molecule has 0 spiro atoms. The van der Waals surface area contributed by atoms with Gasteiger partial charge in [-0.1, -0.05) is 35.9 Å². The highest BCUT2D eigenvalue weighted by atomic mass is 127. The van der Waals surface area contributed by atoms with Crippen molar-refractivity contribution in [2.75, 3.05) is 44.2 Å². The first kappa shape index (κ1) is 21.5. The first-order chi connectivity index (χ1) is 12.8. The molecule has 0 amide bonds. The minimum Gasteiger partial charge on any atom is -0.357 e. The fourth-order valence-electron chi connectivity index (χ4n) is 3.27. The Morgan fingerprint density at radius 2 is 1.93 bits per heavy atom. The van der Waals surface area contributed by atoms with Gasteiger partial charge in [0, 0.05) is 45.5 Å². The van der Waals surface area contributed by atoms with Crippen molar-refractivity contribution in [3.05, 3.63) is 59.8 Å². The molecule has 0 saturated carbocycles. The minimum atomic E-state index is 0. The summed E-state index contributed by atoms with van der Waals surface area (Å²) in [7, 11) is 0. The standard InChI is InChI=1S/C21H29N5.HI/c1-3-22-21(24-12-10-19-8-6-7-18(2)17-19)26-15-13-25(14-16-26)20-9-4-5-11-23-20;/h4-9,11,17H,3,10,12-16H2,1-2H3,(H,22,24);1H. The Balaban J connectivity index is 0.00000261. The predicted octanol–water partition coefficient (Wildman–Crippen LogP) is 3.34. The third-order valence-corrected chi connectivity index (χ3v) is 4.63. The minimum absolute atomic E-state index is 0. The van der Waals surface area contributed by atoms with Crippen LogP contribution in [-0.4, -0.2) is 55.1 Å². The summed E-state index contributed by atoms with van der Waals surface area (Å²) in [4.78, 5) is 14.0. The van der Waals surface area contributed by atoms with Crippen molar-refractivity contribution < 1.29 is 0 Å². The maximum atomic E-state index is 4.86. The van der Waals surface area contributed by atoms with E-state index >= 15 is 0 Å². The van der Waals surface area contributed by atoms with Gasteiger partial charge in [0.25, 0.3) is 0 Å². The van der Waals surface area contributed by atoms with Crippen LogP contribution in [0.4, 0.5) is 5.82 Å². The normalized spacial score (nSPS) is 14.7. The molecule has 0 radical (unpaired) electrons. The third-order valence-electron chi connectivity index (χ3n) is 4.63. The van der Waals surface area contributed by atoms with E-state index in [1.54, 1.807) is 0 Å². The van der Waals surface area contributed by atoms with Gasteiger partial charge >= 0.3 is 0 Å². The zero-order valence-corrected chi connectivity index (χ0v) is 18.6. The lowest BCUT2D eigenvalue weighted by molar-refractivity contribution is 0.371. The van der Waals surface area contributed by atoms with Gasteiger partial charge in [0.1, 0.15) is 5.82 Å². The van der Waals surface area contributed by atoms with Crippen molar-refractivity contribution in [1.29, 1.82) is 0 Å². The molecule has 0 atom stereocenters. The molecule has 1 N–H and O–H groups in total. The number of halogens is 1. The van der Waals surface area contributed by atoms with Crippen LogP contribution in [0.3, 0.4) is 0 Å². The topological polar surface area (TPSA) is 43.8 Å². The lowest BCUT2D eigenvalue weighted by atomic mass is 10.1. The van der Waals surface area contributed by atoms with Gasteiger partial charge < -0.3 is 15.1 Å². The fraction of sp³-hybridized carbons (Fsp3) is 0.429. The number of hydrogen-bond donors (Lipinski definition) is 1. The van der Waals surface area contributed by atoms with Crippen molar-refractivity contribution >= 4 is 35.8 Å². The van der Waals surface area contributed by atoms with E-state index in [-0.39, 0.29) is 24.0 Å². The van der Waals surface area contributed by atoms with Crippen LogP contribution in [0.2, 0.25) is 0 Å². The average molecular weight is 479 g/mol. The molecule has 146 valence electrons. The Bertz CT molecular complexity index is 712. The van der Waals surface area contributed by atoms with Crippen LogP contribution < -0.4 is 10.2 Å². The number of benzene rings is 1. The number of pyridine rings is 1. The number of aryl methyl sites for hydroxylation is 1. The Morgan fingerprint density at radius 1 is 1.11 bits per heavy atom. The molecule has 0 unspecified atom stereocenters. The second-order valence-electron chi connectivity index (χ2n) is 6.64. The predicted molar refractivity (Wildman–Crippen MR) is 124 cm³/mol. The monoisotopic (exact) mass is 479 g/mol. The van der Waals surface area contributed by atoms with Crippen molar-refractivity contribution in [3.8, 4) is 0 Å². The molecule has 27 heavy (non-hydrogen) atoms. The highest BCUT2D eigenvalue weighted by Crippen LogP contribution is 2.12. The van der Waals surface area contributed by atoms with Crippen LogP contribution in [0.1, 0.15) is 18.1 Å². The van der Waals surface area contributed by atoms with E-state index in [1.807, 2.05) is 18.3 Å². The van der Waals surface area contributed by atoms with Crippen LogP contribution in [0.25, 0.3) is 0 Å². The van der Waals surface area contributed by atoms with Crippen LogP contribution in [0.5, 0.6) is 0 Å². The van der Waals surface area contributed by atoms with Gasteiger partial charge in [0.05, 0.1) is 0 Å². The molecule has 3 rings (SSSR count). The summed E-state index contributed by atoms with van der Waals surface area (Å²) in [6.07, 6.45) is 2.84. The number of aliphatic imine (C=N–C) groups is 1. The van der Waals surface area contributed by atoms with Crippen LogP contribution in [0.15, 0.2) is 53.7 Å². The molecule has 1 aliphatic heterocycles. The summed E-state index contributed by atoms with van der Waals surface area (Å²) in [6.45, 7) is 9.84. The summed E-state index contributed by atoms with van der Waals surface area (Å²) in [6, 6.07) is 14.8. The van der Waals surface area contributed by atoms with Crippen LogP contribution in [0, 0.1) is 6.92 Å².